The van der Waals surface area contributed by atoms with E-state index in [-0.39, 0.29) is 28.7 Å². The summed E-state index contributed by atoms with van der Waals surface area (Å²) >= 11 is 6.42. The highest BCUT2D eigenvalue weighted by molar-refractivity contribution is 8.18. The number of nitrogens with zero attached hydrogens (tertiary/aromatic N) is 3. The van der Waals surface area contributed by atoms with Crippen molar-refractivity contribution in [2.24, 2.45) is 0 Å². The van der Waals surface area contributed by atoms with Crippen molar-refractivity contribution in [1.29, 1.82) is 0 Å². The normalized spacial score (nSPS) is 15.9. The maximum absolute atomic E-state index is 12.4. The van der Waals surface area contributed by atoms with Gasteiger partial charge in [-0.25, -0.2) is 8.42 Å². The van der Waals surface area contributed by atoms with E-state index in [9.17, 15) is 32.9 Å². The van der Waals surface area contributed by atoms with Crippen molar-refractivity contribution >= 4 is 62.2 Å². The van der Waals surface area contributed by atoms with Gasteiger partial charge < -0.3 is 5.32 Å². The van der Waals surface area contributed by atoms with Crippen molar-refractivity contribution < 1.29 is 27.7 Å². The number of amides is 3. The lowest BCUT2D eigenvalue weighted by atomic mass is 10.2. The first-order valence-corrected chi connectivity index (χ1v) is 11.3. The molecule has 0 atom stereocenters. The first-order valence-electron chi connectivity index (χ1n) is 8.27. The second-order valence-corrected chi connectivity index (χ2v) is 9.66. The van der Waals surface area contributed by atoms with Gasteiger partial charge in [-0.1, -0.05) is 17.7 Å². The average Bonchev–Trinajstić information content (AvgIpc) is 2.89. The molecule has 1 aromatic carbocycles. The lowest BCUT2D eigenvalue weighted by molar-refractivity contribution is -0.384. The molecule has 1 aromatic rings. The standard InChI is InChI=1S/C16H17ClN4O7S2/c1-19(30(2,27)28)9-14(22)18-5-6-20-15(23)13(29-16(20)24)8-10-3-4-11(17)12(7-10)21(25)26/h3-4,7-8H,5-6,9H2,1-2H3,(H,18,22)/b13-8-. The number of sulfonamides is 1. The zero-order valence-electron chi connectivity index (χ0n) is 15.8. The quantitative estimate of drug-likeness (QED) is 0.335. The molecule has 1 saturated heterocycles. The van der Waals surface area contributed by atoms with Crippen LogP contribution < -0.4 is 5.32 Å². The molecule has 2 rings (SSSR count). The van der Waals surface area contributed by atoms with E-state index in [4.69, 9.17) is 11.6 Å². The molecular weight excluding hydrogens is 460 g/mol. The van der Waals surface area contributed by atoms with Gasteiger partial charge in [0.05, 0.1) is 22.6 Å². The van der Waals surface area contributed by atoms with E-state index in [1.807, 2.05) is 0 Å². The molecule has 11 nitrogen and oxygen atoms in total. The number of nitrogens with one attached hydrogen (secondary N) is 1. The van der Waals surface area contributed by atoms with E-state index in [2.05, 4.69) is 5.32 Å². The van der Waals surface area contributed by atoms with Gasteiger partial charge in [-0.05, 0) is 29.5 Å². The molecule has 1 heterocycles. The number of carbonyl (C=O) groups is 3. The van der Waals surface area contributed by atoms with E-state index >= 15 is 0 Å². The SMILES string of the molecule is CN(CC(=O)NCCN1C(=O)S/C(=C\c2ccc(Cl)c([N+](=O)[O-])c2)C1=O)S(C)(=O)=O. The van der Waals surface area contributed by atoms with Gasteiger partial charge in [-0.15, -0.1) is 0 Å². The summed E-state index contributed by atoms with van der Waals surface area (Å²) < 4.78 is 23.4. The molecule has 0 aromatic heterocycles. The van der Waals surface area contributed by atoms with Gasteiger partial charge in [-0.2, -0.15) is 4.31 Å². The molecule has 3 amide bonds. The number of nitro groups is 1. The third kappa shape index (κ3) is 6.01. The number of halogens is 1. The van der Waals surface area contributed by atoms with Gasteiger partial charge in [0, 0.05) is 26.2 Å². The summed E-state index contributed by atoms with van der Waals surface area (Å²) in [6, 6.07) is 3.98. The minimum absolute atomic E-state index is 0.0532. The van der Waals surface area contributed by atoms with Crippen LogP contribution in [0.5, 0.6) is 0 Å². The van der Waals surface area contributed by atoms with Crippen molar-refractivity contribution in [3.8, 4) is 0 Å². The molecule has 14 heteroatoms. The Bertz CT molecular complexity index is 1040. The smallest absolute Gasteiger partial charge is 0.293 e. The summed E-state index contributed by atoms with van der Waals surface area (Å²) in [7, 11) is -2.26. The van der Waals surface area contributed by atoms with Crippen LogP contribution in [0.1, 0.15) is 5.56 Å². The number of benzene rings is 1. The van der Waals surface area contributed by atoms with Crippen molar-refractivity contribution in [3.63, 3.8) is 0 Å². The monoisotopic (exact) mass is 476 g/mol. The molecule has 0 spiro atoms. The predicted molar refractivity (Wildman–Crippen MR) is 111 cm³/mol. The molecule has 1 fully saturated rings. The first-order chi connectivity index (χ1) is 13.9. The average molecular weight is 477 g/mol. The Balaban J connectivity index is 2.00. The Morgan fingerprint density at radius 1 is 1.40 bits per heavy atom. The van der Waals surface area contributed by atoms with E-state index in [0.29, 0.717) is 17.3 Å². The van der Waals surface area contributed by atoms with Gasteiger partial charge in [0.25, 0.3) is 16.8 Å². The van der Waals surface area contributed by atoms with Crippen molar-refractivity contribution in [3.05, 3.63) is 43.8 Å². The second-order valence-electron chi connectivity index (χ2n) is 6.17. The molecule has 0 saturated carbocycles. The van der Waals surface area contributed by atoms with Crippen LogP contribution in [0.2, 0.25) is 5.02 Å². The second kappa shape index (κ2) is 9.55. The minimum atomic E-state index is -3.51. The highest BCUT2D eigenvalue weighted by Crippen LogP contribution is 2.33. The number of nitro benzene ring substituents is 1. The van der Waals surface area contributed by atoms with Crippen LogP contribution in [0.3, 0.4) is 0 Å². The van der Waals surface area contributed by atoms with E-state index < -0.39 is 38.5 Å². The predicted octanol–water partition coefficient (Wildman–Crippen LogP) is 1.29. The van der Waals surface area contributed by atoms with E-state index in [0.717, 1.165) is 15.5 Å². The number of thioether (sulfide) groups is 1. The molecule has 0 unspecified atom stereocenters. The number of hydrogen-bond acceptors (Lipinski definition) is 8. The van der Waals surface area contributed by atoms with Gasteiger partial charge in [0.15, 0.2) is 0 Å². The number of carbonyl (C=O) groups excluding carboxylic acids is 3. The summed E-state index contributed by atoms with van der Waals surface area (Å²) in [6.45, 7) is -0.568. The Kier molecular flexibility index (Phi) is 7.58. The van der Waals surface area contributed by atoms with Crippen molar-refractivity contribution in [2.75, 3.05) is 32.9 Å². The molecule has 0 radical (unpaired) electrons. The fraction of sp³-hybridized carbons (Fsp3) is 0.312. The number of imide groups is 1. The maximum atomic E-state index is 12.4. The van der Waals surface area contributed by atoms with Gasteiger partial charge in [0.2, 0.25) is 15.9 Å². The topological polar surface area (TPSA) is 147 Å². The van der Waals surface area contributed by atoms with Crippen LogP contribution in [-0.4, -0.2) is 72.5 Å². The zero-order chi connectivity index (χ0) is 22.6. The fourth-order valence-electron chi connectivity index (χ4n) is 2.29. The molecule has 1 aliphatic heterocycles. The summed E-state index contributed by atoms with van der Waals surface area (Å²) in [5.74, 6) is -1.19. The van der Waals surface area contributed by atoms with E-state index in [1.165, 1.54) is 31.3 Å². The Hall–Kier alpha value is -2.48. The van der Waals surface area contributed by atoms with Crippen LogP contribution >= 0.6 is 23.4 Å². The van der Waals surface area contributed by atoms with Crippen LogP contribution in [0.15, 0.2) is 23.1 Å². The highest BCUT2D eigenvalue weighted by Gasteiger charge is 2.34. The summed E-state index contributed by atoms with van der Waals surface area (Å²) in [6.07, 6.45) is 2.30. The van der Waals surface area contributed by atoms with Crippen LogP contribution in [0.4, 0.5) is 10.5 Å². The molecule has 162 valence electrons. The summed E-state index contributed by atoms with van der Waals surface area (Å²) in [4.78, 5) is 47.6. The Morgan fingerprint density at radius 2 is 2.07 bits per heavy atom. The fourth-order valence-corrected chi connectivity index (χ4v) is 3.69. The first kappa shape index (κ1) is 23.8. The molecule has 30 heavy (non-hydrogen) atoms. The molecule has 0 bridgehead atoms. The largest absolute Gasteiger partial charge is 0.353 e. The molecule has 1 N–H and O–H groups in total. The van der Waals surface area contributed by atoms with Crippen LogP contribution in [0, 0.1) is 10.1 Å². The third-order valence-electron chi connectivity index (χ3n) is 3.93. The lowest BCUT2D eigenvalue weighted by Crippen LogP contribution is -2.41. The molecular formula is C16H17ClN4O7S2. The van der Waals surface area contributed by atoms with Gasteiger partial charge >= 0.3 is 0 Å². The Morgan fingerprint density at radius 3 is 2.67 bits per heavy atom. The number of hydrogen-bond donors (Lipinski definition) is 1. The van der Waals surface area contributed by atoms with E-state index in [1.54, 1.807) is 0 Å². The Labute approximate surface area is 181 Å². The number of likely N-dealkylation sites (N-methyl/N-ethyl adjacent to an activating group) is 1. The highest BCUT2D eigenvalue weighted by atomic mass is 35.5. The van der Waals surface area contributed by atoms with Crippen molar-refractivity contribution in [2.45, 2.75) is 0 Å². The van der Waals surface area contributed by atoms with Gasteiger partial charge in [-0.3, -0.25) is 29.4 Å². The summed E-state index contributed by atoms with van der Waals surface area (Å²) in [5, 5.41) is 12.8. The van der Waals surface area contributed by atoms with Crippen LogP contribution in [-0.2, 0) is 19.6 Å². The number of rotatable bonds is 8. The molecule has 0 aliphatic carbocycles. The minimum Gasteiger partial charge on any atom is -0.353 e. The maximum Gasteiger partial charge on any atom is 0.293 e. The van der Waals surface area contributed by atoms with Crippen LogP contribution in [0.25, 0.3) is 6.08 Å². The van der Waals surface area contributed by atoms with Gasteiger partial charge in [0.1, 0.15) is 5.02 Å². The third-order valence-corrected chi connectivity index (χ3v) is 6.42. The van der Waals surface area contributed by atoms with Crippen molar-refractivity contribution in [1.82, 2.24) is 14.5 Å². The molecule has 1 aliphatic rings. The lowest BCUT2D eigenvalue weighted by Gasteiger charge is -2.15. The summed E-state index contributed by atoms with van der Waals surface area (Å²) in [5.41, 5.74) is 0.000124. The zero-order valence-corrected chi connectivity index (χ0v) is 18.2.